The fourth-order valence-corrected chi connectivity index (χ4v) is 2.99. The molecule has 1 saturated heterocycles. The van der Waals surface area contributed by atoms with Crippen molar-refractivity contribution in [2.75, 3.05) is 33.2 Å². The Labute approximate surface area is 147 Å². The van der Waals surface area contributed by atoms with Crippen molar-refractivity contribution in [3.63, 3.8) is 0 Å². The zero-order valence-corrected chi connectivity index (χ0v) is 14.7. The largest absolute Gasteiger partial charge is 0.341 e. The van der Waals surface area contributed by atoms with Gasteiger partial charge in [0.05, 0.1) is 6.54 Å². The number of likely N-dealkylation sites (tertiary alicyclic amines) is 1. The van der Waals surface area contributed by atoms with Crippen LogP contribution in [0, 0.1) is 5.92 Å². The van der Waals surface area contributed by atoms with Crippen LogP contribution < -0.4 is 16.0 Å². The van der Waals surface area contributed by atoms with E-state index in [0.29, 0.717) is 17.5 Å². The summed E-state index contributed by atoms with van der Waals surface area (Å²) in [5.74, 6) is 0.462. The molecule has 24 heavy (non-hydrogen) atoms. The number of nitrogens with zero attached hydrogens (tertiary/aromatic N) is 1. The fourth-order valence-electron chi connectivity index (χ4n) is 2.86. The Morgan fingerprint density at radius 1 is 1.25 bits per heavy atom. The van der Waals surface area contributed by atoms with Gasteiger partial charge >= 0.3 is 6.03 Å². The predicted molar refractivity (Wildman–Crippen MR) is 94.9 cm³/mol. The summed E-state index contributed by atoms with van der Waals surface area (Å²) in [5, 5.41) is 9.17. The van der Waals surface area contributed by atoms with Crippen LogP contribution in [0.15, 0.2) is 24.3 Å². The Kier molecular flexibility index (Phi) is 7.34. The average Bonchev–Trinajstić information content (AvgIpc) is 2.59. The summed E-state index contributed by atoms with van der Waals surface area (Å²) < 4.78 is 0. The van der Waals surface area contributed by atoms with Crippen LogP contribution in [-0.4, -0.2) is 50.1 Å². The van der Waals surface area contributed by atoms with Crippen molar-refractivity contribution in [3.05, 3.63) is 34.9 Å². The van der Waals surface area contributed by atoms with E-state index in [1.807, 2.05) is 24.1 Å². The number of amides is 3. The molecule has 7 heteroatoms. The lowest BCUT2D eigenvalue weighted by Crippen LogP contribution is -2.47. The van der Waals surface area contributed by atoms with Gasteiger partial charge < -0.3 is 20.9 Å². The van der Waals surface area contributed by atoms with Gasteiger partial charge in [0.25, 0.3) is 0 Å². The number of rotatable bonds is 6. The number of hydrogen-bond acceptors (Lipinski definition) is 3. The summed E-state index contributed by atoms with van der Waals surface area (Å²) >= 11 is 5.82. The lowest BCUT2D eigenvalue weighted by atomic mass is 9.98. The Balaban J connectivity index is 1.69. The molecule has 1 aromatic carbocycles. The van der Waals surface area contributed by atoms with Gasteiger partial charge in [0.2, 0.25) is 5.91 Å². The summed E-state index contributed by atoms with van der Waals surface area (Å²) in [5.41, 5.74) is 0.951. The third-order valence-corrected chi connectivity index (χ3v) is 4.38. The molecule has 1 heterocycles. The maximum absolute atomic E-state index is 12.2. The van der Waals surface area contributed by atoms with Crippen LogP contribution in [0.25, 0.3) is 0 Å². The van der Waals surface area contributed by atoms with E-state index in [0.717, 1.165) is 38.0 Å². The van der Waals surface area contributed by atoms with Crippen LogP contribution in [0.5, 0.6) is 0 Å². The molecule has 0 aliphatic carbocycles. The summed E-state index contributed by atoms with van der Waals surface area (Å²) in [6.45, 7) is 2.86. The van der Waals surface area contributed by atoms with Crippen LogP contribution >= 0.6 is 11.6 Å². The minimum Gasteiger partial charge on any atom is -0.341 e. The number of carbonyl (C=O) groups excluding carboxylic acids is 2. The first-order valence-electron chi connectivity index (χ1n) is 8.27. The fraction of sp³-hybridized carbons (Fsp3) is 0.529. The highest BCUT2D eigenvalue weighted by Gasteiger charge is 2.23. The van der Waals surface area contributed by atoms with Crippen molar-refractivity contribution < 1.29 is 9.59 Å². The van der Waals surface area contributed by atoms with Crippen molar-refractivity contribution in [3.8, 4) is 0 Å². The molecule has 0 bridgehead atoms. The summed E-state index contributed by atoms with van der Waals surface area (Å²) in [6.07, 6.45) is 2.15. The molecule has 0 saturated carbocycles. The van der Waals surface area contributed by atoms with E-state index in [9.17, 15) is 9.59 Å². The van der Waals surface area contributed by atoms with Gasteiger partial charge in [-0.3, -0.25) is 4.79 Å². The Hall–Kier alpha value is -1.79. The molecule has 3 amide bonds. The van der Waals surface area contributed by atoms with Crippen molar-refractivity contribution in [1.29, 1.82) is 0 Å². The predicted octanol–water partition coefficient (Wildman–Crippen LogP) is 1.60. The SMILES string of the molecule is CNCC1CCCN(C(=O)CNC(=O)NCc2ccc(Cl)cc2)C1. The van der Waals surface area contributed by atoms with Crippen molar-refractivity contribution in [1.82, 2.24) is 20.9 Å². The number of benzene rings is 1. The quantitative estimate of drug-likeness (QED) is 0.728. The molecule has 1 aliphatic heterocycles. The molecule has 1 atom stereocenters. The minimum atomic E-state index is -0.345. The first kappa shape index (κ1) is 18.5. The molecule has 0 radical (unpaired) electrons. The highest BCUT2D eigenvalue weighted by Crippen LogP contribution is 2.15. The highest BCUT2D eigenvalue weighted by molar-refractivity contribution is 6.30. The first-order valence-corrected chi connectivity index (χ1v) is 8.65. The standard InChI is InChI=1S/C17H25ClN4O2/c1-19-9-14-3-2-8-22(12-14)16(23)11-21-17(24)20-10-13-4-6-15(18)7-5-13/h4-7,14,19H,2-3,8-12H2,1H3,(H2,20,21,24). The molecule has 1 unspecified atom stereocenters. The van der Waals surface area contributed by atoms with E-state index in [2.05, 4.69) is 16.0 Å². The topological polar surface area (TPSA) is 73.5 Å². The molecule has 132 valence electrons. The summed E-state index contributed by atoms with van der Waals surface area (Å²) in [4.78, 5) is 25.9. The number of carbonyl (C=O) groups is 2. The van der Waals surface area contributed by atoms with Gasteiger partial charge in [-0.1, -0.05) is 23.7 Å². The van der Waals surface area contributed by atoms with E-state index >= 15 is 0 Å². The van der Waals surface area contributed by atoms with Crippen molar-refractivity contribution in [2.45, 2.75) is 19.4 Å². The zero-order chi connectivity index (χ0) is 17.4. The zero-order valence-electron chi connectivity index (χ0n) is 14.0. The van der Waals surface area contributed by atoms with Gasteiger partial charge in [0.1, 0.15) is 0 Å². The normalized spacial score (nSPS) is 17.4. The molecule has 0 aromatic heterocycles. The van der Waals surface area contributed by atoms with Crippen LogP contribution in [-0.2, 0) is 11.3 Å². The van der Waals surface area contributed by atoms with Crippen LogP contribution in [0.1, 0.15) is 18.4 Å². The van der Waals surface area contributed by atoms with Gasteiger partial charge in [-0.25, -0.2) is 4.79 Å². The molecule has 0 spiro atoms. The third kappa shape index (κ3) is 6.02. The summed E-state index contributed by atoms with van der Waals surface area (Å²) in [6, 6.07) is 6.91. The second-order valence-corrected chi connectivity index (χ2v) is 6.50. The Bertz CT molecular complexity index is 548. The Morgan fingerprint density at radius 3 is 2.71 bits per heavy atom. The van der Waals surface area contributed by atoms with Gasteiger partial charge in [0.15, 0.2) is 0 Å². The van der Waals surface area contributed by atoms with E-state index in [4.69, 9.17) is 11.6 Å². The monoisotopic (exact) mass is 352 g/mol. The van der Waals surface area contributed by atoms with E-state index in [1.54, 1.807) is 12.1 Å². The van der Waals surface area contributed by atoms with Crippen LogP contribution in [0.2, 0.25) is 5.02 Å². The van der Waals surface area contributed by atoms with E-state index in [1.165, 1.54) is 0 Å². The number of nitrogens with one attached hydrogen (secondary N) is 3. The van der Waals surface area contributed by atoms with Gasteiger partial charge in [-0.05, 0) is 50.0 Å². The molecular formula is C17H25ClN4O2. The number of urea groups is 1. The first-order chi connectivity index (χ1) is 11.6. The Morgan fingerprint density at radius 2 is 2.00 bits per heavy atom. The molecule has 6 nitrogen and oxygen atoms in total. The second-order valence-electron chi connectivity index (χ2n) is 6.07. The van der Waals surface area contributed by atoms with Gasteiger partial charge in [0, 0.05) is 24.7 Å². The van der Waals surface area contributed by atoms with E-state index in [-0.39, 0.29) is 18.5 Å². The second kappa shape index (κ2) is 9.49. The number of hydrogen-bond donors (Lipinski definition) is 3. The maximum Gasteiger partial charge on any atom is 0.315 e. The minimum absolute atomic E-state index is 0.0265. The molecule has 1 aliphatic rings. The number of halogens is 1. The molecule has 3 N–H and O–H groups in total. The van der Waals surface area contributed by atoms with Gasteiger partial charge in [-0.2, -0.15) is 0 Å². The van der Waals surface area contributed by atoms with Crippen LogP contribution in [0.3, 0.4) is 0 Å². The lowest BCUT2D eigenvalue weighted by Gasteiger charge is -2.32. The summed E-state index contributed by atoms with van der Waals surface area (Å²) in [7, 11) is 1.92. The maximum atomic E-state index is 12.2. The lowest BCUT2D eigenvalue weighted by molar-refractivity contribution is -0.131. The van der Waals surface area contributed by atoms with Crippen molar-refractivity contribution >= 4 is 23.5 Å². The molecular weight excluding hydrogens is 328 g/mol. The van der Waals surface area contributed by atoms with Crippen molar-refractivity contribution in [2.24, 2.45) is 5.92 Å². The third-order valence-electron chi connectivity index (χ3n) is 4.13. The van der Waals surface area contributed by atoms with E-state index < -0.39 is 0 Å². The number of piperidine rings is 1. The smallest absolute Gasteiger partial charge is 0.315 e. The van der Waals surface area contributed by atoms with Gasteiger partial charge in [-0.15, -0.1) is 0 Å². The highest BCUT2D eigenvalue weighted by atomic mass is 35.5. The average molecular weight is 353 g/mol. The van der Waals surface area contributed by atoms with Crippen LogP contribution in [0.4, 0.5) is 4.79 Å². The molecule has 2 rings (SSSR count). The molecule has 1 aromatic rings. The molecule has 1 fully saturated rings.